The van der Waals surface area contributed by atoms with Crippen LogP contribution in [0.3, 0.4) is 0 Å². The maximum Gasteiger partial charge on any atom is 0.282 e. The fraction of sp³-hybridized carbons (Fsp3) is 0.625. The zero-order valence-corrected chi connectivity index (χ0v) is 14.6. The third kappa shape index (κ3) is 3.38. The predicted octanol–water partition coefficient (Wildman–Crippen LogP) is 1.32. The van der Waals surface area contributed by atoms with E-state index in [1.54, 1.807) is 15.7 Å². The monoisotopic (exact) mass is 339 g/mol. The second-order valence-corrected chi connectivity index (χ2v) is 8.17. The molecule has 2 fully saturated rings. The lowest BCUT2D eigenvalue weighted by Gasteiger charge is -2.40. The molecule has 2 aliphatic heterocycles. The van der Waals surface area contributed by atoms with Crippen molar-refractivity contribution < 1.29 is 13.2 Å². The second kappa shape index (κ2) is 6.76. The zero-order valence-electron chi connectivity index (χ0n) is 13.8. The van der Waals surface area contributed by atoms with Gasteiger partial charge in [0, 0.05) is 38.8 Å². The lowest BCUT2D eigenvalue weighted by atomic mass is 10.0. The molecule has 2 heterocycles. The normalized spacial score (nSPS) is 24.9. The molecule has 7 heteroatoms. The molecular weight excluding hydrogens is 314 g/mol. The fourth-order valence-electron chi connectivity index (χ4n) is 3.33. The van der Waals surface area contributed by atoms with Crippen molar-refractivity contribution in [1.82, 2.24) is 13.5 Å². The summed E-state index contributed by atoms with van der Waals surface area (Å²) in [5, 5.41) is 0. The first-order chi connectivity index (χ1) is 11.0. The van der Waals surface area contributed by atoms with Crippen molar-refractivity contribution in [2.45, 2.75) is 18.9 Å². The van der Waals surface area contributed by atoms with Gasteiger partial charge in [-0.15, -0.1) is 0 Å². The Morgan fingerprint density at radius 2 is 1.65 bits per heavy atom. The van der Waals surface area contributed by atoms with E-state index in [0.29, 0.717) is 26.2 Å². The van der Waals surface area contributed by atoms with E-state index in [4.69, 9.17) is 4.74 Å². The maximum atomic E-state index is 12.8. The van der Waals surface area contributed by atoms with E-state index in [2.05, 4.69) is 11.9 Å². The van der Waals surface area contributed by atoms with E-state index in [-0.39, 0.29) is 6.04 Å². The Bertz CT molecular complexity index is 626. The van der Waals surface area contributed by atoms with E-state index in [0.717, 1.165) is 30.7 Å². The number of ether oxygens (including phenoxy) is 1. The molecule has 0 radical (unpaired) electrons. The molecule has 2 aliphatic rings. The molecule has 0 aromatic heterocycles. The molecular formula is C16H25N3O3S. The molecule has 0 bridgehead atoms. The molecule has 6 nitrogen and oxygen atoms in total. The van der Waals surface area contributed by atoms with Gasteiger partial charge in [-0.3, -0.25) is 4.90 Å². The molecule has 128 valence electrons. The minimum Gasteiger partial charge on any atom is -0.497 e. The van der Waals surface area contributed by atoms with E-state index in [1.165, 1.54) is 0 Å². The maximum absolute atomic E-state index is 12.8. The van der Waals surface area contributed by atoms with Gasteiger partial charge in [0.15, 0.2) is 0 Å². The Labute approximate surface area is 138 Å². The first kappa shape index (κ1) is 16.7. The van der Waals surface area contributed by atoms with E-state index >= 15 is 0 Å². The standard InChI is InChI=1S/C16H25N3O3S/c1-17-11-12-19(23(20,21)18-9-3-4-10-18)13-16(17)14-5-7-15(22-2)8-6-14/h5-8,16H,3-4,9-13H2,1-2H3/t16-/m1/s1. The first-order valence-electron chi connectivity index (χ1n) is 8.12. The molecule has 23 heavy (non-hydrogen) atoms. The zero-order chi connectivity index (χ0) is 16.4. The average Bonchev–Trinajstić information content (AvgIpc) is 3.10. The lowest BCUT2D eigenvalue weighted by Crippen LogP contribution is -2.52. The van der Waals surface area contributed by atoms with Crippen molar-refractivity contribution >= 4 is 10.2 Å². The van der Waals surface area contributed by atoms with Crippen LogP contribution < -0.4 is 4.74 Å². The van der Waals surface area contributed by atoms with Crippen LogP contribution in [0.15, 0.2) is 24.3 Å². The number of rotatable bonds is 4. The molecule has 0 amide bonds. The van der Waals surface area contributed by atoms with Crippen molar-refractivity contribution in [3.8, 4) is 5.75 Å². The van der Waals surface area contributed by atoms with Gasteiger partial charge >= 0.3 is 0 Å². The summed E-state index contributed by atoms with van der Waals surface area (Å²) in [5.41, 5.74) is 1.12. The third-order valence-corrected chi connectivity index (χ3v) is 6.83. The molecule has 0 spiro atoms. The van der Waals surface area contributed by atoms with Gasteiger partial charge in [0.25, 0.3) is 10.2 Å². The van der Waals surface area contributed by atoms with Crippen LogP contribution in [0, 0.1) is 0 Å². The summed E-state index contributed by atoms with van der Waals surface area (Å²) in [6.45, 7) is 3.11. The van der Waals surface area contributed by atoms with Crippen molar-refractivity contribution in [3.05, 3.63) is 29.8 Å². The largest absolute Gasteiger partial charge is 0.497 e. The summed E-state index contributed by atoms with van der Waals surface area (Å²) in [6, 6.07) is 7.97. The van der Waals surface area contributed by atoms with Gasteiger partial charge in [-0.05, 0) is 37.6 Å². The Hall–Kier alpha value is -1.15. The second-order valence-electron chi connectivity index (χ2n) is 6.24. The van der Waals surface area contributed by atoms with E-state index < -0.39 is 10.2 Å². The Morgan fingerprint density at radius 3 is 2.26 bits per heavy atom. The van der Waals surface area contributed by atoms with Crippen LogP contribution in [-0.2, 0) is 10.2 Å². The summed E-state index contributed by atoms with van der Waals surface area (Å²) >= 11 is 0. The van der Waals surface area contributed by atoms with Crippen molar-refractivity contribution in [2.75, 3.05) is 46.9 Å². The summed E-state index contributed by atoms with van der Waals surface area (Å²) in [4.78, 5) is 2.22. The van der Waals surface area contributed by atoms with Crippen molar-refractivity contribution in [1.29, 1.82) is 0 Å². The molecule has 2 saturated heterocycles. The highest BCUT2D eigenvalue weighted by Crippen LogP contribution is 2.28. The van der Waals surface area contributed by atoms with Crippen LogP contribution in [0.25, 0.3) is 0 Å². The van der Waals surface area contributed by atoms with Crippen LogP contribution in [0.4, 0.5) is 0 Å². The molecule has 0 aliphatic carbocycles. The van der Waals surface area contributed by atoms with Crippen LogP contribution >= 0.6 is 0 Å². The van der Waals surface area contributed by atoms with Crippen LogP contribution in [-0.4, -0.2) is 68.8 Å². The van der Waals surface area contributed by atoms with Gasteiger partial charge in [0.2, 0.25) is 0 Å². The van der Waals surface area contributed by atoms with Gasteiger partial charge in [-0.2, -0.15) is 17.0 Å². The molecule has 0 saturated carbocycles. The fourth-order valence-corrected chi connectivity index (χ4v) is 5.01. The Balaban J connectivity index is 1.78. The summed E-state index contributed by atoms with van der Waals surface area (Å²) in [6.07, 6.45) is 1.93. The third-order valence-electron chi connectivity index (χ3n) is 4.83. The summed E-state index contributed by atoms with van der Waals surface area (Å²) < 4.78 is 34.0. The van der Waals surface area contributed by atoms with Gasteiger partial charge in [-0.25, -0.2) is 0 Å². The molecule has 1 aromatic carbocycles. The number of hydrogen-bond donors (Lipinski definition) is 0. The van der Waals surface area contributed by atoms with Gasteiger partial charge in [-0.1, -0.05) is 12.1 Å². The smallest absolute Gasteiger partial charge is 0.282 e. The van der Waals surface area contributed by atoms with Crippen molar-refractivity contribution in [3.63, 3.8) is 0 Å². The number of hydrogen-bond acceptors (Lipinski definition) is 4. The minimum atomic E-state index is -3.32. The van der Waals surface area contributed by atoms with E-state index in [1.807, 2.05) is 24.3 Å². The predicted molar refractivity (Wildman–Crippen MR) is 89.7 cm³/mol. The Kier molecular flexibility index (Phi) is 4.91. The van der Waals surface area contributed by atoms with Crippen molar-refractivity contribution in [2.24, 2.45) is 0 Å². The molecule has 3 rings (SSSR count). The average molecular weight is 339 g/mol. The number of piperazine rings is 1. The summed E-state index contributed by atoms with van der Waals surface area (Å²) in [7, 11) is 0.372. The number of likely N-dealkylation sites (N-methyl/N-ethyl adjacent to an activating group) is 1. The number of nitrogens with zero attached hydrogens (tertiary/aromatic N) is 3. The number of methoxy groups -OCH3 is 1. The number of benzene rings is 1. The topological polar surface area (TPSA) is 53.1 Å². The minimum absolute atomic E-state index is 0.0760. The highest BCUT2D eigenvalue weighted by molar-refractivity contribution is 7.86. The van der Waals surface area contributed by atoms with Crippen LogP contribution in [0.2, 0.25) is 0 Å². The Morgan fingerprint density at radius 1 is 1.00 bits per heavy atom. The van der Waals surface area contributed by atoms with Gasteiger partial charge in [0.05, 0.1) is 7.11 Å². The quantitative estimate of drug-likeness (QED) is 0.830. The highest BCUT2D eigenvalue weighted by atomic mass is 32.2. The van der Waals surface area contributed by atoms with E-state index in [9.17, 15) is 8.42 Å². The molecule has 0 N–H and O–H groups in total. The van der Waals surface area contributed by atoms with Gasteiger partial charge in [0.1, 0.15) is 5.75 Å². The first-order valence-corrected chi connectivity index (χ1v) is 9.51. The molecule has 1 aromatic rings. The van der Waals surface area contributed by atoms with Crippen LogP contribution in [0.5, 0.6) is 5.75 Å². The van der Waals surface area contributed by atoms with Crippen LogP contribution in [0.1, 0.15) is 24.4 Å². The lowest BCUT2D eigenvalue weighted by molar-refractivity contribution is 0.143. The SMILES string of the molecule is COc1ccc([C@H]2CN(S(=O)(=O)N3CCCC3)CCN2C)cc1. The van der Waals surface area contributed by atoms with Gasteiger partial charge < -0.3 is 4.74 Å². The summed E-state index contributed by atoms with van der Waals surface area (Å²) in [5.74, 6) is 0.814. The molecule has 0 unspecified atom stereocenters. The molecule has 1 atom stereocenters. The highest BCUT2D eigenvalue weighted by Gasteiger charge is 2.36.